The Morgan fingerprint density at radius 3 is 2.55 bits per heavy atom. The van der Waals surface area contributed by atoms with Crippen molar-refractivity contribution in [3.05, 3.63) is 70.5 Å². The summed E-state index contributed by atoms with van der Waals surface area (Å²) in [4.78, 5) is 0. The van der Waals surface area contributed by atoms with E-state index in [0.717, 1.165) is 24.1 Å². The van der Waals surface area contributed by atoms with Crippen LogP contribution in [0.3, 0.4) is 0 Å². The van der Waals surface area contributed by atoms with E-state index in [1.807, 2.05) is 38.1 Å². The fourth-order valence-electron chi connectivity index (χ4n) is 2.50. The number of hydrogen-bond acceptors (Lipinski definition) is 1. The van der Waals surface area contributed by atoms with Crippen LogP contribution in [0.2, 0.25) is 0 Å². The quantitative estimate of drug-likeness (QED) is 0.850. The van der Waals surface area contributed by atoms with Crippen LogP contribution in [-0.2, 0) is 6.42 Å². The van der Waals surface area contributed by atoms with Gasteiger partial charge in [0.15, 0.2) is 0 Å². The molecule has 1 atom stereocenters. The van der Waals surface area contributed by atoms with Crippen LogP contribution in [-0.4, -0.2) is 6.54 Å². The molecule has 0 amide bonds. The third-order valence-electron chi connectivity index (χ3n) is 3.63. The minimum absolute atomic E-state index is 0.0913. The topological polar surface area (TPSA) is 12.0 Å². The summed E-state index contributed by atoms with van der Waals surface area (Å²) in [6.07, 6.45) is 0.989. The lowest BCUT2D eigenvalue weighted by Gasteiger charge is -2.21. The molecular formula is C18H22FN. The molecule has 20 heavy (non-hydrogen) atoms. The van der Waals surface area contributed by atoms with Crippen LogP contribution in [0.15, 0.2) is 42.5 Å². The number of rotatable bonds is 5. The van der Waals surface area contributed by atoms with Crippen molar-refractivity contribution in [2.75, 3.05) is 6.54 Å². The molecule has 2 heteroatoms. The molecule has 0 radical (unpaired) electrons. The van der Waals surface area contributed by atoms with Crippen LogP contribution < -0.4 is 5.32 Å². The zero-order valence-corrected chi connectivity index (χ0v) is 12.4. The summed E-state index contributed by atoms with van der Waals surface area (Å²) in [7, 11) is 0. The van der Waals surface area contributed by atoms with Crippen molar-refractivity contribution in [3.63, 3.8) is 0 Å². The van der Waals surface area contributed by atoms with Gasteiger partial charge in [-0.05, 0) is 36.6 Å². The summed E-state index contributed by atoms with van der Waals surface area (Å²) < 4.78 is 14.4. The average Bonchev–Trinajstić information content (AvgIpc) is 2.48. The van der Waals surface area contributed by atoms with Crippen LogP contribution in [0.1, 0.15) is 42.1 Å². The maximum absolute atomic E-state index is 14.4. The summed E-state index contributed by atoms with van der Waals surface area (Å²) in [6.45, 7) is 6.79. The van der Waals surface area contributed by atoms with Gasteiger partial charge in [-0.25, -0.2) is 4.39 Å². The molecular weight excluding hydrogens is 249 g/mol. The lowest BCUT2D eigenvalue weighted by molar-refractivity contribution is 0.553. The van der Waals surface area contributed by atoms with Crippen molar-refractivity contribution in [3.8, 4) is 0 Å². The van der Waals surface area contributed by atoms with E-state index in [0.29, 0.717) is 5.56 Å². The van der Waals surface area contributed by atoms with Crippen LogP contribution in [0, 0.1) is 12.7 Å². The second kappa shape index (κ2) is 6.67. The van der Waals surface area contributed by atoms with Crippen molar-refractivity contribution >= 4 is 0 Å². The molecule has 106 valence electrons. The van der Waals surface area contributed by atoms with Gasteiger partial charge in [-0.2, -0.15) is 0 Å². The average molecular weight is 271 g/mol. The number of benzene rings is 2. The van der Waals surface area contributed by atoms with Crippen LogP contribution >= 0.6 is 0 Å². The second-order valence-corrected chi connectivity index (χ2v) is 5.07. The Balaban J connectivity index is 2.47. The van der Waals surface area contributed by atoms with Gasteiger partial charge in [0, 0.05) is 5.56 Å². The van der Waals surface area contributed by atoms with Gasteiger partial charge in [0.25, 0.3) is 0 Å². The standard InChI is InChI=1S/C18H22FN/c1-4-14-9-7-10-15(12-14)18(20-5-2)16-11-6-8-13(3)17(16)19/h6-12,18,20H,4-5H2,1-3H3. The molecule has 0 aromatic heterocycles. The molecule has 0 saturated heterocycles. The summed E-state index contributed by atoms with van der Waals surface area (Å²) in [6, 6.07) is 13.9. The molecule has 0 fully saturated rings. The first-order chi connectivity index (χ1) is 9.67. The molecule has 1 unspecified atom stereocenters. The van der Waals surface area contributed by atoms with Crippen LogP contribution in [0.5, 0.6) is 0 Å². The number of halogens is 1. The predicted molar refractivity (Wildman–Crippen MR) is 82.5 cm³/mol. The Kier molecular flexibility index (Phi) is 4.91. The Hall–Kier alpha value is -1.67. The van der Waals surface area contributed by atoms with E-state index in [-0.39, 0.29) is 11.9 Å². The molecule has 0 spiro atoms. The first kappa shape index (κ1) is 14.7. The highest BCUT2D eigenvalue weighted by molar-refractivity contribution is 5.37. The van der Waals surface area contributed by atoms with Crippen molar-refractivity contribution in [1.82, 2.24) is 5.32 Å². The number of hydrogen-bond donors (Lipinski definition) is 1. The highest BCUT2D eigenvalue weighted by Crippen LogP contribution is 2.26. The Labute approximate surface area is 120 Å². The van der Waals surface area contributed by atoms with Crippen LogP contribution in [0.4, 0.5) is 4.39 Å². The minimum Gasteiger partial charge on any atom is -0.306 e. The first-order valence-corrected chi connectivity index (χ1v) is 7.24. The normalized spacial score (nSPS) is 12.4. The third kappa shape index (κ3) is 3.07. The molecule has 2 aromatic carbocycles. The van der Waals surface area contributed by atoms with Gasteiger partial charge in [-0.15, -0.1) is 0 Å². The molecule has 0 saturated carbocycles. The van der Waals surface area contributed by atoms with Crippen molar-refractivity contribution in [2.45, 2.75) is 33.2 Å². The molecule has 2 rings (SSSR count). The molecule has 1 nitrogen and oxygen atoms in total. The van der Waals surface area contributed by atoms with Gasteiger partial charge in [0.2, 0.25) is 0 Å². The van der Waals surface area contributed by atoms with E-state index in [9.17, 15) is 4.39 Å². The van der Waals surface area contributed by atoms with Gasteiger partial charge in [-0.3, -0.25) is 0 Å². The zero-order valence-electron chi connectivity index (χ0n) is 12.4. The molecule has 2 aromatic rings. The SMILES string of the molecule is CCNC(c1cccc(CC)c1)c1cccc(C)c1F. The fourth-order valence-corrected chi connectivity index (χ4v) is 2.50. The Bertz CT molecular complexity index is 577. The monoisotopic (exact) mass is 271 g/mol. The largest absolute Gasteiger partial charge is 0.306 e. The van der Waals surface area contributed by atoms with Crippen molar-refractivity contribution in [2.24, 2.45) is 0 Å². The second-order valence-electron chi connectivity index (χ2n) is 5.07. The predicted octanol–water partition coefficient (Wildman–Crippen LogP) is 4.40. The molecule has 1 N–H and O–H groups in total. The lowest BCUT2D eigenvalue weighted by Crippen LogP contribution is -2.23. The van der Waals surface area contributed by atoms with Crippen LogP contribution in [0.25, 0.3) is 0 Å². The van der Waals surface area contributed by atoms with Gasteiger partial charge < -0.3 is 5.32 Å². The summed E-state index contributed by atoms with van der Waals surface area (Å²) in [5.74, 6) is -0.111. The van der Waals surface area contributed by atoms with Gasteiger partial charge in [-0.1, -0.05) is 56.3 Å². The van der Waals surface area contributed by atoms with E-state index < -0.39 is 0 Å². The van der Waals surface area contributed by atoms with E-state index in [2.05, 4.69) is 30.4 Å². The Morgan fingerprint density at radius 1 is 1.10 bits per heavy atom. The fraction of sp³-hybridized carbons (Fsp3) is 0.333. The molecule has 0 aliphatic rings. The maximum Gasteiger partial charge on any atom is 0.131 e. The zero-order chi connectivity index (χ0) is 14.5. The van der Waals surface area contributed by atoms with Gasteiger partial charge in [0.1, 0.15) is 5.82 Å². The van der Waals surface area contributed by atoms with Gasteiger partial charge >= 0.3 is 0 Å². The highest BCUT2D eigenvalue weighted by Gasteiger charge is 2.18. The summed E-state index contributed by atoms with van der Waals surface area (Å²) in [5, 5.41) is 3.39. The molecule has 0 aliphatic heterocycles. The molecule has 0 heterocycles. The molecule has 0 bridgehead atoms. The molecule has 0 aliphatic carbocycles. The van der Waals surface area contributed by atoms with Crippen molar-refractivity contribution < 1.29 is 4.39 Å². The van der Waals surface area contributed by atoms with Crippen molar-refractivity contribution in [1.29, 1.82) is 0 Å². The Morgan fingerprint density at radius 2 is 1.85 bits per heavy atom. The summed E-state index contributed by atoms with van der Waals surface area (Å²) in [5.41, 5.74) is 3.81. The smallest absolute Gasteiger partial charge is 0.131 e. The number of aryl methyl sites for hydroxylation is 2. The minimum atomic E-state index is -0.111. The summed E-state index contributed by atoms with van der Waals surface area (Å²) >= 11 is 0. The van der Waals surface area contributed by atoms with Gasteiger partial charge in [0.05, 0.1) is 6.04 Å². The lowest BCUT2D eigenvalue weighted by atomic mass is 9.95. The first-order valence-electron chi connectivity index (χ1n) is 7.24. The van der Waals surface area contributed by atoms with E-state index in [1.165, 1.54) is 5.56 Å². The van der Waals surface area contributed by atoms with E-state index in [4.69, 9.17) is 0 Å². The maximum atomic E-state index is 14.4. The van der Waals surface area contributed by atoms with E-state index >= 15 is 0 Å². The number of nitrogens with one attached hydrogen (secondary N) is 1. The third-order valence-corrected chi connectivity index (χ3v) is 3.63. The highest BCUT2D eigenvalue weighted by atomic mass is 19.1. The van der Waals surface area contributed by atoms with E-state index in [1.54, 1.807) is 0 Å².